The van der Waals surface area contributed by atoms with Crippen LogP contribution in [-0.4, -0.2) is 74.3 Å². The van der Waals surface area contributed by atoms with E-state index in [9.17, 15) is 4.39 Å². The van der Waals surface area contributed by atoms with Gasteiger partial charge in [-0.15, -0.1) is 24.0 Å². The summed E-state index contributed by atoms with van der Waals surface area (Å²) < 4.78 is 25.5. The van der Waals surface area contributed by atoms with E-state index in [-0.39, 0.29) is 29.8 Å². The second-order valence-corrected chi connectivity index (χ2v) is 7.12. The lowest BCUT2D eigenvalue weighted by molar-refractivity contribution is 0.0536. The molecule has 166 valence electrons. The van der Waals surface area contributed by atoms with Crippen LogP contribution < -0.4 is 5.32 Å². The van der Waals surface area contributed by atoms with Crippen LogP contribution in [0.15, 0.2) is 41.5 Å². The third-order valence-electron chi connectivity index (χ3n) is 4.98. The summed E-state index contributed by atoms with van der Waals surface area (Å²) in [6.45, 7) is 4.72. The molecule has 0 amide bonds. The van der Waals surface area contributed by atoms with E-state index < -0.39 is 0 Å². The van der Waals surface area contributed by atoms with Crippen molar-refractivity contribution < 1.29 is 13.9 Å². The first kappa shape index (κ1) is 24.5. The van der Waals surface area contributed by atoms with Crippen LogP contribution in [0.25, 0.3) is 5.69 Å². The molecule has 7 nitrogen and oxygen atoms in total. The van der Waals surface area contributed by atoms with Crippen molar-refractivity contribution in [2.24, 2.45) is 10.9 Å². The molecular weight excluding hydrogens is 500 g/mol. The maximum atomic E-state index is 13.1. The van der Waals surface area contributed by atoms with Crippen LogP contribution in [0.5, 0.6) is 0 Å². The van der Waals surface area contributed by atoms with Crippen molar-refractivity contribution in [3.05, 3.63) is 48.0 Å². The molecule has 1 saturated heterocycles. The van der Waals surface area contributed by atoms with Gasteiger partial charge in [-0.1, -0.05) is 0 Å². The summed E-state index contributed by atoms with van der Waals surface area (Å²) >= 11 is 0. The van der Waals surface area contributed by atoms with Crippen LogP contribution >= 0.6 is 24.0 Å². The Balaban J connectivity index is 0.00000320. The molecular formula is C21H31FIN5O2. The van der Waals surface area contributed by atoms with E-state index in [4.69, 9.17) is 9.47 Å². The number of likely N-dealkylation sites (tertiary alicyclic amines) is 1. The van der Waals surface area contributed by atoms with E-state index in [2.05, 4.69) is 20.3 Å². The van der Waals surface area contributed by atoms with Gasteiger partial charge in [-0.05, 0) is 36.8 Å². The van der Waals surface area contributed by atoms with Crippen LogP contribution in [0.2, 0.25) is 0 Å². The fraction of sp³-hybridized carbons (Fsp3) is 0.524. The molecule has 0 spiro atoms. The van der Waals surface area contributed by atoms with Crippen LogP contribution in [0.4, 0.5) is 4.39 Å². The van der Waals surface area contributed by atoms with Gasteiger partial charge >= 0.3 is 0 Å². The summed E-state index contributed by atoms with van der Waals surface area (Å²) in [5, 5.41) is 7.99. The molecule has 1 aliphatic rings. The summed E-state index contributed by atoms with van der Waals surface area (Å²) in [5.74, 6) is 1.20. The average molecular weight is 531 g/mol. The number of aromatic nitrogens is 2. The minimum Gasteiger partial charge on any atom is -0.382 e. The summed E-state index contributed by atoms with van der Waals surface area (Å²) in [7, 11) is 3.50. The van der Waals surface area contributed by atoms with Crippen LogP contribution in [0.3, 0.4) is 0 Å². The van der Waals surface area contributed by atoms with Crippen molar-refractivity contribution in [3.63, 3.8) is 0 Å². The quantitative estimate of drug-likeness (QED) is 0.234. The van der Waals surface area contributed by atoms with Crippen molar-refractivity contribution in [2.75, 3.05) is 53.6 Å². The zero-order valence-corrected chi connectivity index (χ0v) is 19.9. The molecule has 1 unspecified atom stereocenters. The molecule has 0 bridgehead atoms. The largest absolute Gasteiger partial charge is 0.382 e. The highest BCUT2D eigenvalue weighted by atomic mass is 127. The molecule has 2 heterocycles. The van der Waals surface area contributed by atoms with Crippen LogP contribution in [0.1, 0.15) is 12.1 Å². The second kappa shape index (κ2) is 12.9. The predicted molar refractivity (Wildman–Crippen MR) is 126 cm³/mol. The van der Waals surface area contributed by atoms with Gasteiger partial charge in [0.25, 0.3) is 0 Å². The van der Waals surface area contributed by atoms with Crippen molar-refractivity contribution >= 4 is 29.9 Å². The summed E-state index contributed by atoms with van der Waals surface area (Å²) in [5.41, 5.74) is 1.82. The summed E-state index contributed by atoms with van der Waals surface area (Å²) in [6, 6.07) is 8.30. The van der Waals surface area contributed by atoms with Gasteiger partial charge in [0.15, 0.2) is 5.96 Å². The van der Waals surface area contributed by atoms with Gasteiger partial charge in [-0.2, -0.15) is 5.10 Å². The highest BCUT2D eigenvalue weighted by Crippen LogP contribution is 2.16. The molecule has 0 saturated carbocycles. The normalized spacial score (nSPS) is 16.6. The Bertz CT molecular complexity index is 784. The Morgan fingerprint density at radius 1 is 1.27 bits per heavy atom. The fourth-order valence-corrected chi connectivity index (χ4v) is 3.42. The zero-order valence-electron chi connectivity index (χ0n) is 17.6. The molecule has 0 radical (unpaired) electrons. The molecule has 3 rings (SSSR count). The van der Waals surface area contributed by atoms with Gasteiger partial charge in [0, 0.05) is 52.3 Å². The molecule has 1 aliphatic heterocycles. The molecule has 2 aromatic rings. The average Bonchev–Trinajstić information content (AvgIpc) is 3.39. The SMILES string of the molecule is CN=C(NCCc1ccn(-c2ccc(F)cc2)n1)N1CCC(COCCOC)C1.I. The highest BCUT2D eigenvalue weighted by molar-refractivity contribution is 14.0. The highest BCUT2D eigenvalue weighted by Gasteiger charge is 2.24. The minimum atomic E-state index is -0.248. The van der Waals surface area contributed by atoms with Crippen molar-refractivity contribution in [1.82, 2.24) is 20.0 Å². The molecule has 1 N–H and O–H groups in total. The lowest BCUT2D eigenvalue weighted by atomic mass is 10.1. The monoisotopic (exact) mass is 531 g/mol. The minimum absolute atomic E-state index is 0. The molecule has 0 aliphatic carbocycles. The van der Waals surface area contributed by atoms with Crippen molar-refractivity contribution in [2.45, 2.75) is 12.8 Å². The number of aliphatic imine (C=N–C) groups is 1. The van der Waals surface area contributed by atoms with E-state index in [1.165, 1.54) is 12.1 Å². The van der Waals surface area contributed by atoms with E-state index in [0.717, 1.165) is 56.4 Å². The lowest BCUT2D eigenvalue weighted by Gasteiger charge is -2.21. The number of nitrogens with zero attached hydrogens (tertiary/aromatic N) is 4. The maximum absolute atomic E-state index is 13.1. The Kier molecular flexibility index (Phi) is 10.5. The number of nitrogens with one attached hydrogen (secondary N) is 1. The summed E-state index contributed by atoms with van der Waals surface area (Å²) in [6.07, 6.45) is 3.78. The smallest absolute Gasteiger partial charge is 0.193 e. The van der Waals surface area contributed by atoms with Gasteiger partial charge in [-0.3, -0.25) is 4.99 Å². The third kappa shape index (κ3) is 7.21. The number of hydrogen-bond donors (Lipinski definition) is 1. The molecule has 30 heavy (non-hydrogen) atoms. The number of benzene rings is 1. The maximum Gasteiger partial charge on any atom is 0.193 e. The standard InChI is InChI=1S/C21H30FN5O2.HI/c1-23-21(26-11-8-17(15-26)16-29-14-13-28-2)24-10-7-19-9-12-27(25-19)20-5-3-18(22)4-6-20;/h3-6,9,12,17H,7-8,10-11,13-16H2,1-2H3,(H,23,24);1H. The van der Waals surface area contributed by atoms with Crippen LogP contribution in [0, 0.1) is 11.7 Å². The van der Waals surface area contributed by atoms with Gasteiger partial charge < -0.3 is 19.7 Å². The van der Waals surface area contributed by atoms with E-state index in [1.54, 1.807) is 23.9 Å². The fourth-order valence-electron chi connectivity index (χ4n) is 3.42. The van der Waals surface area contributed by atoms with Crippen LogP contribution in [-0.2, 0) is 15.9 Å². The van der Waals surface area contributed by atoms with Gasteiger partial charge in [0.05, 0.1) is 31.2 Å². The molecule has 9 heteroatoms. The molecule has 1 fully saturated rings. The molecule has 1 aromatic heterocycles. The summed E-state index contributed by atoms with van der Waals surface area (Å²) in [4.78, 5) is 6.70. The van der Waals surface area contributed by atoms with Gasteiger partial charge in [-0.25, -0.2) is 9.07 Å². The number of rotatable bonds is 9. The number of hydrogen-bond acceptors (Lipinski definition) is 4. The Morgan fingerprint density at radius 3 is 2.80 bits per heavy atom. The zero-order chi connectivity index (χ0) is 20.5. The van der Waals surface area contributed by atoms with E-state index in [1.807, 2.05) is 19.3 Å². The number of ether oxygens (including phenoxy) is 2. The Labute approximate surface area is 194 Å². The first-order valence-corrected chi connectivity index (χ1v) is 10.0. The number of guanidine groups is 1. The Morgan fingerprint density at radius 2 is 2.07 bits per heavy atom. The first-order chi connectivity index (χ1) is 14.2. The number of methoxy groups -OCH3 is 1. The molecule has 1 aromatic carbocycles. The van der Waals surface area contributed by atoms with Gasteiger partial charge in [0.2, 0.25) is 0 Å². The van der Waals surface area contributed by atoms with Crippen molar-refractivity contribution in [1.29, 1.82) is 0 Å². The number of halogens is 2. The first-order valence-electron chi connectivity index (χ1n) is 10.0. The van der Waals surface area contributed by atoms with E-state index in [0.29, 0.717) is 19.1 Å². The van der Waals surface area contributed by atoms with Crippen molar-refractivity contribution in [3.8, 4) is 5.69 Å². The third-order valence-corrected chi connectivity index (χ3v) is 4.98. The predicted octanol–water partition coefficient (Wildman–Crippen LogP) is 2.73. The topological polar surface area (TPSA) is 63.9 Å². The lowest BCUT2D eigenvalue weighted by Crippen LogP contribution is -2.41. The second-order valence-electron chi connectivity index (χ2n) is 7.12. The van der Waals surface area contributed by atoms with Gasteiger partial charge in [0.1, 0.15) is 5.82 Å². The Hall–Kier alpha value is -1.72. The molecule has 1 atom stereocenters. The van der Waals surface area contributed by atoms with E-state index >= 15 is 0 Å².